The largest absolute Gasteiger partial charge is 0.337 e. The van der Waals surface area contributed by atoms with Crippen LogP contribution in [0.1, 0.15) is 19.8 Å². The van der Waals surface area contributed by atoms with Crippen molar-refractivity contribution in [1.29, 1.82) is 0 Å². The minimum Gasteiger partial charge on any atom is -0.337 e. The highest BCUT2D eigenvalue weighted by molar-refractivity contribution is 5.82. The zero-order chi connectivity index (χ0) is 7.84. The lowest BCUT2D eigenvalue weighted by Gasteiger charge is -2.33. The first-order chi connectivity index (χ1) is 5.29. The number of nitrogens with zero attached hydrogens (tertiary/aromatic N) is 1. The van der Waals surface area contributed by atoms with Gasteiger partial charge in [0.1, 0.15) is 0 Å². The summed E-state index contributed by atoms with van der Waals surface area (Å²) in [5.74, 6) is 0.291. The summed E-state index contributed by atoms with van der Waals surface area (Å²) in [7, 11) is 0. The third-order valence-electron chi connectivity index (χ3n) is 2.69. The molecular weight excluding hydrogens is 140 g/mol. The summed E-state index contributed by atoms with van der Waals surface area (Å²) in [6.45, 7) is 3.92. The number of fused-ring (bicyclic) bond motifs is 1. The first-order valence-corrected chi connectivity index (χ1v) is 4.33. The second-order valence-corrected chi connectivity index (χ2v) is 3.46. The van der Waals surface area contributed by atoms with Crippen LogP contribution in [0.5, 0.6) is 0 Å². The van der Waals surface area contributed by atoms with Crippen LogP contribution in [0.3, 0.4) is 0 Å². The lowest BCUT2D eigenvalue weighted by molar-refractivity contribution is -0.136. The molecule has 2 rings (SSSR count). The standard InChI is InChI=1S/C8H14N2O/c1-6-8(11)10-4-2-3-7(10)5-9-6/h6-7,9H,2-5H2,1H3/t6-,7+/m1/s1. The van der Waals surface area contributed by atoms with E-state index in [4.69, 9.17) is 0 Å². The van der Waals surface area contributed by atoms with Gasteiger partial charge in [-0.15, -0.1) is 0 Å². The Hall–Kier alpha value is -0.570. The molecule has 0 radical (unpaired) electrons. The Morgan fingerprint density at radius 3 is 3.27 bits per heavy atom. The van der Waals surface area contributed by atoms with Crippen LogP contribution in [0.4, 0.5) is 0 Å². The Labute approximate surface area is 66.8 Å². The molecule has 1 N–H and O–H groups in total. The average Bonchev–Trinajstić information content (AvgIpc) is 2.45. The van der Waals surface area contributed by atoms with Crippen LogP contribution >= 0.6 is 0 Å². The Morgan fingerprint density at radius 1 is 1.64 bits per heavy atom. The summed E-state index contributed by atoms with van der Waals surface area (Å²) < 4.78 is 0. The van der Waals surface area contributed by atoms with Gasteiger partial charge in [-0.2, -0.15) is 0 Å². The van der Waals surface area contributed by atoms with E-state index in [-0.39, 0.29) is 6.04 Å². The molecular formula is C8H14N2O. The normalized spacial score (nSPS) is 37.5. The van der Waals surface area contributed by atoms with E-state index in [1.165, 1.54) is 12.8 Å². The van der Waals surface area contributed by atoms with Crippen LogP contribution in [0.25, 0.3) is 0 Å². The highest BCUT2D eigenvalue weighted by atomic mass is 16.2. The predicted molar refractivity (Wildman–Crippen MR) is 42.2 cm³/mol. The maximum absolute atomic E-state index is 11.5. The number of piperazine rings is 1. The lowest BCUT2D eigenvalue weighted by atomic mass is 10.1. The van der Waals surface area contributed by atoms with Gasteiger partial charge in [0.2, 0.25) is 5.91 Å². The van der Waals surface area contributed by atoms with Crippen molar-refractivity contribution in [3.8, 4) is 0 Å². The quantitative estimate of drug-likeness (QED) is 0.531. The summed E-state index contributed by atoms with van der Waals surface area (Å²) in [5, 5.41) is 3.21. The van der Waals surface area contributed by atoms with E-state index in [1.807, 2.05) is 11.8 Å². The van der Waals surface area contributed by atoms with E-state index in [9.17, 15) is 4.79 Å². The van der Waals surface area contributed by atoms with Crippen molar-refractivity contribution in [1.82, 2.24) is 10.2 Å². The molecule has 2 fully saturated rings. The molecule has 0 aliphatic carbocycles. The molecule has 0 unspecified atom stereocenters. The minimum absolute atomic E-state index is 0.0457. The zero-order valence-corrected chi connectivity index (χ0v) is 6.84. The van der Waals surface area contributed by atoms with E-state index >= 15 is 0 Å². The lowest BCUT2D eigenvalue weighted by Crippen LogP contribution is -2.56. The van der Waals surface area contributed by atoms with E-state index in [1.54, 1.807) is 0 Å². The Balaban J connectivity index is 2.12. The van der Waals surface area contributed by atoms with E-state index in [0.717, 1.165) is 13.1 Å². The van der Waals surface area contributed by atoms with Gasteiger partial charge in [-0.3, -0.25) is 4.79 Å². The van der Waals surface area contributed by atoms with Gasteiger partial charge in [0.25, 0.3) is 0 Å². The third kappa shape index (κ3) is 1.03. The molecule has 3 heteroatoms. The molecule has 11 heavy (non-hydrogen) atoms. The first kappa shape index (κ1) is 7.10. The number of carbonyl (C=O) groups is 1. The van der Waals surface area contributed by atoms with Gasteiger partial charge in [-0.25, -0.2) is 0 Å². The van der Waals surface area contributed by atoms with Crippen molar-refractivity contribution < 1.29 is 4.79 Å². The fourth-order valence-corrected chi connectivity index (χ4v) is 1.99. The Kier molecular flexibility index (Phi) is 1.60. The van der Waals surface area contributed by atoms with Crippen LogP contribution in [0.15, 0.2) is 0 Å². The zero-order valence-electron chi connectivity index (χ0n) is 6.84. The van der Waals surface area contributed by atoms with Crippen LogP contribution in [0.2, 0.25) is 0 Å². The number of nitrogens with one attached hydrogen (secondary N) is 1. The Bertz CT molecular complexity index is 181. The molecule has 0 spiro atoms. The van der Waals surface area contributed by atoms with Gasteiger partial charge in [-0.1, -0.05) is 0 Å². The topological polar surface area (TPSA) is 32.3 Å². The molecule has 62 valence electrons. The summed E-state index contributed by atoms with van der Waals surface area (Å²) in [6.07, 6.45) is 2.37. The molecule has 2 heterocycles. The van der Waals surface area contributed by atoms with Crippen molar-refractivity contribution >= 4 is 5.91 Å². The minimum atomic E-state index is 0.0457. The fourth-order valence-electron chi connectivity index (χ4n) is 1.99. The SMILES string of the molecule is C[C@H]1NC[C@@H]2CCCN2C1=O. The summed E-state index contributed by atoms with van der Waals surface area (Å²) in [5.41, 5.74) is 0. The highest BCUT2D eigenvalue weighted by Gasteiger charge is 2.35. The fraction of sp³-hybridized carbons (Fsp3) is 0.875. The molecule has 0 aromatic heterocycles. The average molecular weight is 154 g/mol. The number of hydrogen-bond donors (Lipinski definition) is 1. The molecule has 3 nitrogen and oxygen atoms in total. The summed E-state index contributed by atoms with van der Waals surface area (Å²) >= 11 is 0. The van der Waals surface area contributed by atoms with Crippen LogP contribution < -0.4 is 5.32 Å². The van der Waals surface area contributed by atoms with Gasteiger partial charge in [0.05, 0.1) is 6.04 Å². The Morgan fingerprint density at radius 2 is 2.45 bits per heavy atom. The maximum atomic E-state index is 11.5. The maximum Gasteiger partial charge on any atom is 0.239 e. The van der Waals surface area contributed by atoms with Crippen molar-refractivity contribution in [2.75, 3.05) is 13.1 Å². The van der Waals surface area contributed by atoms with Gasteiger partial charge in [-0.05, 0) is 19.8 Å². The highest BCUT2D eigenvalue weighted by Crippen LogP contribution is 2.20. The molecule has 2 saturated heterocycles. The van der Waals surface area contributed by atoms with Gasteiger partial charge >= 0.3 is 0 Å². The van der Waals surface area contributed by atoms with Crippen molar-refractivity contribution in [3.63, 3.8) is 0 Å². The van der Waals surface area contributed by atoms with Crippen LogP contribution in [-0.2, 0) is 4.79 Å². The summed E-state index contributed by atoms with van der Waals surface area (Å²) in [6, 6.07) is 0.544. The predicted octanol–water partition coefficient (Wildman–Crippen LogP) is -0.0309. The second-order valence-electron chi connectivity index (χ2n) is 3.46. The van der Waals surface area contributed by atoms with Gasteiger partial charge in [0.15, 0.2) is 0 Å². The smallest absolute Gasteiger partial charge is 0.239 e. The summed E-state index contributed by atoms with van der Waals surface area (Å²) in [4.78, 5) is 13.5. The van der Waals surface area contributed by atoms with E-state index in [0.29, 0.717) is 11.9 Å². The number of rotatable bonds is 0. The molecule has 1 amide bonds. The number of carbonyl (C=O) groups excluding carboxylic acids is 1. The molecule has 0 aromatic rings. The molecule has 2 aliphatic heterocycles. The molecule has 0 saturated carbocycles. The molecule has 2 atom stereocenters. The monoisotopic (exact) mass is 154 g/mol. The van der Waals surface area contributed by atoms with Crippen LogP contribution in [0, 0.1) is 0 Å². The van der Waals surface area contributed by atoms with E-state index in [2.05, 4.69) is 5.32 Å². The third-order valence-corrected chi connectivity index (χ3v) is 2.69. The van der Waals surface area contributed by atoms with Crippen molar-refractivity contribution in [3.05, 3.63) is 0 Å². The first-order valence-electron chi connectivity index (χ1n) is 4.33. The number of amides is 1. The second kappa shape index (κ2) is 2.48. The van der Waals surface area contributed by atoms with Gasteiger partial charge in [0, 0.05) is 19.1 Å². The van der Waals surface area contributed by atoms with E-state index < -0.39 is 0 Å². The van der Waals surface area contributed by atoms with Crippen molar-refractivity contribution in [2.24, 2.45) is 0 Å². The number of hydrogen-bond acceptors (Lipinski definition) is 2. The van der Waals surface area contributed by atoms with Crippen molar-refractivity contribution in [2.45, 2.75) is 31.8 Å². The molecule has 2 aliphatic rings. The van der Waals surface area contributed by atoms with Crippen LogP contribution in [-0.4, -0.2) is 36.0 Å². The van der Waals surface area contributed by atoms with Gasteiger partial charge < -0.3 is 10.2 Å². The molecule has 0 aromatic carbocycles. The molecule has 0 bridgehead atoms.